The number of nitrogens with zero attached hydrogens (tertiary/aromatic N) is 1. The van der Waals surface area contributed by atoms with Crippen molar-refractivity contribution in [1.82, 2.24) is 0 Å². The predicted octanol–water partition coefficient (Wildman–Crippen LogP) is 3.51. The van der Waals surface area contributed by atoms with Gasteiger partial charge in [-0.15, -0.1) is 0 Å². The average Bonchev–Trinajstić information content (AvgIpc) is 2.95. The molecule has 0 atom stereocenters. The fourth-order valence-corrected chi connectivity index (χ4v) is 3.48. The van der Waals surface area contributed by atoms with Crippen molar-refractivity contribution >= 4 is 11.6 Å². The standard InChI is InChI=1S/C18H28N2O/c1-5-15-10-8-9-14(2)18(15)19-17(21)13-20(3,4)16-11-6-7-12-16/h8-10,16H,5-7,11-13H2,1-4H3/p+1. The van der Waals surface area contributed by atoms with E-state index in [0.29, 0.717) is 12.6 Å². The van der Waals surface area contributed by atoms with E-state index < -0.39 is 0 Å². The first-order valence-electron chi connectivity index (χ1n) is 8.15. The summed E-state index contributed by atoms with van der Waals surface area (Å²) < 4.78 is 0.805. The molecule has 1 N–H and O–H groups in total. The van der Waals surface area contributed by atoms with E-state index >= 15 is 0 Å². The molecule has 1 amide bonds. The summed E-state index contributed by atoms with van der Waals surface area (Å²) in [6.07, 6.45) is 6.07. The molecule has 1 fully saturated rings. The Labute approximate surface area is 128 Å². The molecule has 0 aliphatic heterocycles. The van der Waals surface area contributed by atoms with Crippen LogP contribution in [0.15, 0.2) is 18.2 Å². The van der Waals surface area contributed by atoms with E-state index in [1.165, 1.54) is 31.2 Å². The highest BCUT2D eigenvalue weighted by atomic mass is 16.2. The maximum atomic E-state index is 12.5. The van der Waals surface area contributed by atoms with Gasteiger partial charge >= 0.3 is 0 Å². The van der Waals surface area contributed by atoms with Gasteiger partial charge in [0, 0.05) is 5.69 Å². The SMILES string of the molecule is CCc1cccc(C)c1NC(=O)C[N+](C)(C)C1CCCC1. The zero-order chi connectivity index (χ0) is 15.5. The van der Waals surface area contributed by atoms with Crippen LogP contribution in [0.1, 0.15) is 43.7 Å². The molecule has 3 heteroatoms. The normalized spacial score (nSPS) is 16.2. The summed E-state index contributed by atoms with van der Waals surface area (Å²) in [5.74, 6) is 0.135. The Bertz CT molecular complexity index is 502. The third kappa shape index (κ3) is 3.85. The smallest absolute Gasteiger partial charge is 0.279 e. The Hall–Kier alpha value is -1.35. The topological polar surface area (TPSA) is 29.1 Å². The van der Waals surface area contributed by atoms with Crippen molar-refractivity contribution in [3.8, 4) is 0 Å². The van der Waals surface area contributed by atoms with Gasteiger partial charge in [-0.25, -0.2) is 0 Å². The van der Waals surface area contributed by atoms with Gasteiger partial charge in [0.15, 0.2) is 6.54 Å². The van der Waals surface area contributed by atoms with Gasteiger partial charge < -0.3 is 9.80 Å². The maximum absolute atomic E-state index is 12.5. The van der Waals surface area contributed by atoms with E-state index in [-0.39, 0.29) is 5.91 Å². The number of carbonyl (C=O) groups excluding carboxylic acids is 1. The molecule has 21 heavy (non-hydrogen) atoms. The molecule has 0 aromatic heterocycles. The Kier molecular flexibility index (Phi) is 5.04. The molecule has 0 unspecified atom stereocenters. The van der Waals surface area contributed by atoms with E-state index in [1.807, 2.05) is 0 Å². The number of rotatable bonds is 5. The predicted molar refractivity (Wildman–Crippen MR) is 88.4 cm³/mol. The van der Waals surface area contributed by atoms with Gasteiger partial charge in [0.05, 0.1) is 20.1 Å². The van der Waals surface area contributed by atoms with Gasteiger partial charge in [-0.1, -0.05) is 25.1 Å². The minimum atomic E-state index is 0.135. The summed E-state index contributed by atoms with van der Waals surface area (Å²) in [5, 5.41) is 3.15. The lowest BCUT2D eigenvalue weighted by atomic mass is 10.1. The fourth-order valence-electron chi connectivity index (χ4n) is 3.48. The second-order valence-electron chi connectivity index (χ2n) is 6.89. The molecule has 1 aromatic rings. The van der Waals surface area contributed by atoms with Gasteiger partial charge in [0.25, 0.3) is 5.91 Å². The van der Waals surface area contributed by atoms with Crippen molar-refractivity contribution in [1.29, 1.82) is 0 Å². The van der Waals surface area contributed by atoms with Crippen molar-refractivity contribution in [2.24, 2.45) is 0 Å². The number of aryl methyl sites for hydroxylation is 2. The van der Waals surface area contributed by atoms with Crippen molar-refractivity contribution in [2.45, 2.75) is 52.0 Å². The monoisotopic (exact) mass is 289 g/mol. The Morgan fingerprint density at radius 3 is 2.57 bits per heavy atom. The van der Waals surface area contributed by atoms with Crippen LogP contribution in [-0.4, -0.2) is 37.1 Å². The van der Waals surface area contributed by atoms with Crippen molar-refractivity contribution in [2.75, 3.05) is 26.0 Å². The lowest BCUT2D eigenvalue weighted by Crippen LogP contribution is -2.51. The number of amides is 1. The van der Waals surface area contributed by atoms with E-state index in [4.69, 9.17) is 0 Å². The molecule has 1 saturated carbocycles. The number of nitrogens with one attached hydrogen (secondary N) is 1. The molecule has 1 aliphatic carbocycles. The fraction of sp³-hybridized carbons (Fsp3) is 0.611. The van der Waals surface area contributed by atoms with Gasteiger partial charge in [-0.05, 0) is 50.2 Å². The first-order chi connectivity index (χ1) is 9.94. The number of anilines is 1. The summed E-state index contributed by atoms with van der Waals surface area (Å²) in [5.41, 5.74) is 3.37. The van der Waals surface area contributed by atoms with E-state index in [9.17, 15) is 4.79 Å². The van der Waals surface area contributed by atoms with Crippen molar-refractivity contribution < 1.29 is 9.28 Å². The van der Waals surface area contributed by atoms with Gasteiger partial charge in [0.2, 0.25) is 0 Å². The van der Waals surface area contributed by atoms with Crippen molar-refractivity contribution in [3.63, 3.8) is 0 Å². The summed E-state index contributed by atoms with van der Waals surface area (Å²) in [7, 11) is 4.38. The summed E-state index contributed by atoms with van der Waals surface area (Å²) in [6.45, 7) is 4.75. The van der Waals surface area contributed by atoms with Gasteiger partial charge in [-0.2, -0.15) is 0 Å². The molecule has 0 heterocycles. The number of hydrogen-bond donors (Lipinski definition) is 1. The minimum Gasteiger partial charge on any atom is -0.321 e. The summed E-state index contributed by atoms with van der Waals surface area (Å²) >= 11 is 0. The zero-order valence-corrected chi connectivity index (χ0v) is 13.9. The summed E-state index contributed by atoms with van der Waals surface area (Å²) in [6, 6.07) is 6.85. The van der Waals surface area contributed by atoms with Crippen LogP contribution in [0.25, 0.3) is 0 Å². The third-order valence-corrected chi connectivity index (χ3v) is 4.87. The van der Waals surface area contributed by atoms with Crippen LogP contribution in [-0.2, 0) is 11.2 Å². The number of para-hydroxylation sites is 1. The van der Waals surface area contributed by atoms with Crippen LogP contribution in [0.4, 0.5) is 5.69 Å². The number of quaternary nitrogens is 1. The van der Waals surface area contributed by atoms with E-state index in [2.05, 4.69) is 51.5 Å². The van der Waals surface area contributed by atoms with Crippen molar-refractivity contribution in [3.05, 3.63) is 29.3 Å². The molecule has 116 valence electrons. The first-order valence-corrected chi connectivity index (χ1v) is 8.15. The largest absolute Gasteiger partial charge is 0.321 e. The molecule has 0 bridgehead atoms. The lowest BCUT2D eigenvalue weighted by Gasteiger charge is -2.35. The van der Waals surface area contributed by atoms with Crippen LogP contribution in [0.3, 0.4) is 0 Å². The van der Waals surface area contributed by atoms with Crippen LogP contribution in [0.2, 0.25) is 0 Å². The van der Waals surface area contributed by atoms with Crippen LogP contribution < -0.4 is 5.32 Å². The molecule has 0 radical (unpaired) electrons. The highest BCUT2D eigenvalue weighted by Gasteiger charge is 2.33. The molecule has 2 rings (SSSR count). The molecule has 1 aromatic carbocycles. The second-order valence-corrected chi connectivity index (χ2v) is 6.89. The molecular weight excluding hydrogens is 260 g/mol. The summed E-state index contributed by atoms with van der Waals surface area (Å²) in [4.78, 5) is 12.5. The number of likely N-dealkylation sites (N-methyl/N-ethyl adjacent to an activating group) is 1. The lowest BCUT2D eigenvalue weighted by molar-refractivity contribution is -0.906. The average molecular weight is 289 g/mol. The third-order valence-electron chi connectivity index (χ3n) is 4.87. The first kappa shape index (κ1) is 16.0. The molecule has 1 aliphatic rings. The molecule has 0 spiro atoms. The van der Waals surface area contributed by atoms with Gasteiger partial charge in [-0.3, -0.25) is 4.79 Å². The highest BCUT2D eigenvalue weighted by Crippen LogP contribution is 2.27. The van der Waals surface area contributed by atoms with E-state index in [0.717, 1.165) is 22.2 Å². The second kappa shape index (κ2) is 6.61. The Morgan fingerprint density at radius 2 is 1.95 bits per heavy atom. The van der Waals surface area contributed by atoms with Crippen LogP contribution in [0, 0.1) is 6.92 Å². The Balaban J connectivity index is 2.05. The van der Waals surface area contributed by atoms with Gasteiger partial charge in [0.1, 0.15) is 0 Å². The van der Waals surface area contributed by atoms with E-state index in [1.54, 1.807) is 0 Å². The van der Waals surface area contributed by atoms with Crippen LogP contribution in [0.5, 0.6) is 0 Å². The molecule has 0 saturated heterocycles. The van der Waals surface area contributed by atoms with Crippen LogP contribution >= 0.6 is 0 Å². The highest BCUT2D eigenvalue weighted by molar-refractivity contribution is 5.93. The molecule has 3 nitrogen and oxygen atoms in total. The number of carbonyl (C=O) groups is 1. The number of benzene rings is 1. The Morgan fingerprint density at radius 1 is 1.29 bits per heavy atom. The quantitative estimate of drug-likeness (QED) is 0.826. The number of hydrogen-bond acceptors (Lipinski definition) is 1. The maximum Gasteiger partial charge on any atom is 0.279 e. The molecular formula is C18H29N2O+. The zero-order valence-electron chi connectivity index (χ0n) is 13.9. The minimum absolute atomic E-state index is 0.135.